The number of amides is 1. The van der Waals surface area contributed by atoms with Crippen molar-refractivity contribution in [3.05, 3.63) is 63.6 Å². The number of quaternary nitrogens is 1. The van der Waals surface area contributed by atoms with Gasteiger partial charge in [0.05, 0.1) is 49.0 Å². The number of ether oxygens (including phenoxy) is 1. The largest absolute Gasteiger partial charge is 1.00 e. The molecule has 0 aromatic heterocycles. The quantitative estimate of drug-likeness (QED) is 0.471. The van der Waals surface area contributed by atoms with Crippen LogP contribution in [0.15, 0.2) is 42.5 Å². The van der Waals surface area contributed by atoms with Crippen molar-refractivity contribution >= 4 is 34.8 Å². The molecule has 2 aromatic carbocycles. The van der Waals surface area contributed by atoms with Gasteiger partial charge < -0.3 is 38.5 Å². The Balaban J connectivity index is 0.00000280. The second-order valence-corrected chi connectivity index (χ2v) is 8.32. The van der Waals surface area contributed by atoms with E-state index in [0.717, 1.165) is 42.8 Å². The molecule has 152 valence electrons. The molecule has 1 aliphatic heterocycles. The number of nitrogens with one attached hydrogen (secondary N) is 1. The van der Waals surface area contributed by atoms with Gasteiger partial charge in [-0.25, -0.2) is 0 Å². The second kappa shape index (κ2) is 10.3. The molecule has 0 saturated carbocycles. The summed E-state index contributed by atoms with van der Waals surface area (Å²) in [5, 5.41) is 3.51. The van der Waals surface area contributed by atoms with E-state index in [-0.39, 0.29) is 34.9 Å². The molecular formula is C21H25Cl2IN2O2. The van der Waals surface area contributed by atoms with Crippen LogP contribution in [-0.4, -0.2) is 43.7 Å². The Morgan fingerprint density at radius 2 is 1.75 bits per heavy atom. The van der Waals surface area contributed by atoms with Crippen molar-refractivity contribution < 1.29 is 38.0 Å². The highest BCUT2D eigenvalue weighted by molar-refractivity contribution is 6.44. The molecule has 0 unspecified atom stereocenters. The van der Waals surface area contributed by atoms with Crippen molar-refractivity contribution in [2.45, 2.75) is 25.4 Å². The van der Waals surface area contributed by atoms with Crippen LogP contribution in [0.1, 0.15) is 28.8 Å². The molecule has 4 nitrogen and oxygen atoms in total. The van der Waals surface area contributed by atoms with Crippen LogP contribution in [0, 0.1) is 0 Å². The molecule has 0 bridgehead atoms. The first-order valence-electron chi connectivity index (χ1n) is 9.11. The van der Waals surface area contributed by atoms with E-state index in [0.29, 0.717) is 16.6 Å². The molecule has 3 rings (SSSR count). The Hall–Kier alpha value is -0.860. The standard InChI is InChI=1S/C21H24Cl2N2O2.HI/c1-25(2,17-10-12-27-13-11-17)14-15-6-8-16(9-7-15)24-21(26)18-4-3-5-19(22)20(18)23;/h3-9,17H,10-14H2,1-2H3;1H. The Morgan fingerprint density at radius 1 is 1.11 bits per heavy atom. The van der Waals surface area contributed by atoms with E-state index in [4.69, 9.17) is 27.9 Å². The van der Waals surface area contributed by atoms with Gasteiger partial charge in [0.2, 0.25) is 0 Å². The number of carbonyl (C=O) groups is 1. The summed E-state index contributed by atoms with van der Waals surface area (Å²) in [5.74, 6) is -0.270. The first-order chi connectivity index (χ1) is 12.9. The molecule has 28 heavy (non-hydrogen) atoms. The van der Waals surface area contributed by atoms with E-state index < -0.39 is 0 Å². The Morgan fingerprint density at radius 3 is 2.39 bits per heavy atom. The summed E-state index contributed by atoms with van der Waals surface area (Å²) in [4.78, 5) is 12.4. The fraction of sp³-hybridized carbons (Fsp3) is 0.381. The number of anilines is 1. The lowest BCUT2D eigenvalue weighted by Crippen LogP contribution is -3.00. The number of nitrogens with zero attached hydrogens (tertiary/aromatic N) is 1. The monoisotopic (exact) mass is 534 g/mol. The smallest absolute Gasteiger partial charge is 0.257 e. The summed E-state index contributed by atoms with van der Waals surface area (Å²) in [7, 11) is 4.54. The molecule has 1 N–H and O–H groups in total. The van der Waals surface area contributed by atoms with Gasteiger partial charge in [0.1, 0.15) is 6.54 Å². The predicted molar refractivity (Wildman–Crippen MR) is 111 cm³/mol. The zero-order chi connectivity index (χ0) is 19.4. The number of benzene rings is 2. The predicted octanol–water partition coefficient (Wildman–Crippen LogP) is 2.01. The zero-order valence-electron chi connectivity index (χ0n) is 16.1. The maximum atomic E-state index is 12.4. The van der Waals surface area contributed by atoms with Gasteiger partial charge in [-0.2, -0.15) is 0 Å². The zero-order valence-corrected chi connectivity index (χ0v) is 19.7. The summed E-state index contributed by atoms with van der Waals surface area (Å²) in [6.45, 7) is 2.64. The van der Waals surface area contributed by atoms with Gasteiger partial charge in [-0.1, -0.05) is 41.4 Å². The van der Waals surface area contributed by atoms with E-state index in [9.17, 15) is 4.79 Å². The molecule has 1 amide bonds. The lowest BCUT2D eigenvalue weighted by molar-refractivity contribution is -0.929. The van der Waals surface area contributed by atoms with Gasteiger partial charge in [0.25, 0.3) is 5.91 Å². The molecule has 1 saturated heterocycles. The fourth-order valence-electron chi connectivity index (χ4n) is 3.55. The molecular weight excluding hydrogens is 510 g/mol. The van der Waals surface area contributed by atoms with Crippen LogP contribution in [-0.2, 0) is 11.3 Å². The molecule has 0 radical (unpaired) electrons. The maximum Gasteiger partial charge on any atom is 0.257 e. The van der Waals surface area contributed by atoms with Crippen LogP contribution < -0.4 is 29.3 Å². The normalized spacial score (nSPS) is 15.0. The average molecular weight is 535 g/mol. The third-order valence-electron chi connectivity index (χ3n) is 5.18. The third-order valence-corrected chi connectivity index (χ3v) is 6.00. The number of hydrogen-bond acceptors (Lipinski definition) is 2. The van der Waals surface area contributed by atoms with E-state index in [1.807, 2.05) is 12.1 Å². The van der Waals surface area contributed by atoms with Crippen LogP contribution in [0.5, 0.6) is 0 Å². The van der Waals surface area contributed by atoms with Gasteiger partial charge in [-0.3, -0.25) is 4.79 Å². The summed E-state index contributed by atoms with van der Waals surface area (Å²) in [6.07, 6.45) is 2.20. The minimum Gasteiger partial charge on any atom is -1.00 e. The highest BCUT2D eigenvalue weighted by Gasteiger charge is 2.30. The van der Waals surface area contributed by atoms with Gasteiger partial charge >= 0.3 is 0 Å². The summed E-state index contributed by atoms with van der Waals surface area (Å²) >= 11 is 12.1. The van der Waals surface area contributed by atoms with Gasteiger partial charge in [-0.05, 0) is 24.3 Å². The SMILES string of the molecule is C[N+](C)(Cc1ccc(NC(=O)c2cccc(Cl)c2Cl)cc1)C1CCOCC1.[I-]. The van der Waals surface area contributed by atoms with E-state index >= 15 is 0 Å². The van der Waals surface area contributed by atoms with Crippen molar-refractivity contribution in [1.82, 2.24) is 0 Å². The fourth-order valence-corrected chi connectivity index (χ4v) is 3.94. The minimum atomic E-state index is -0.270. The molecule has 1 heterocycles. The average Bonchev–Trinajstić information content (AvgIpc) is 2.66. The number of hydrogen-bond donors (Lipinski definition) is 1. The van der Waals surface area contributed by atoms with Crippen LogP contribution in [0.2, 0.25) is 10.0 Å². The topological polar surface area (TPSA) is 38.3 Å². The van der Waals surface area contributed by atoms with Gasteiger partial charge in [0, 0.05) is 24.1 Å². The van der Waals surface area contributed by atoms with Crippen LogP contribution >= 0.6 is 23.2 Å². The molecule has 1 fully saturated rings. The maximum absolute atomic E-state index is 12.4. The van der Waals surface area contributed by atoms with Crippen molar-refractivity contribution in [3.63, 3.8) is 0 Å². The van der Waals surface area contributed by atoms with E-state index in [2.05, 4.69) is 31.5 Å². The molecule has 0 aliphatic carbocycles. The van der Waals surface area contributed by atoms with Crippen LogP contribution in [0.4, 0.5) is 5.69 Å². The lowest BCUT2D eigenvalue weighted by atomic mass is 10.0. The second-order valence-electron chi connectivity index (χ2n) is 7.53. The lowest BCUT2D eigenvalue weighted by Gasteiger charge is -2.40. The Bertz CT molecular complexity index is 807. The Labute approximate surface area is 193 Å². The van der Waals surface area contributed by atoms with Gasteiger partial charge in [0.15, 0.2) is 0 Å². The van der Waals surface area contributed by atoms with Crippen LogP contribution in [0.25, 0.3) is 0 Å². The number of halogens is 3. The van der Waals surface area contributed by atoms with Crippen molar-refractivity contribution in [3.8, 4) is 0 Å². The first-order valence-corrected chi connectivity index (χ1v) is 9.87. The molecule has 0 spiro atoms. The summed E-state index contributed by atoms with van der Waals surface area (Å²) in [5.41, 5.74) is 2.34. The summed E-state index contributed by atoms with van der Waals surface area (Å²) < 4.78 is 6.42. The van der Waals surface area contributed by atoms with E-state index in [1.165, 1.54) is 5.56 Å². The summed E-state index contributed by atoms with van der Waals surface area (Å²) in [6, 6.07) is 13.6. The number of rotatable bonds is 5. The Kier molecular flexibility index (Phi) is 8.58. The van der Waals surface area contributed by atoms with Crippen molar-refractivity contribution in [1.29, 1.82) is 0 Å². The van der Waals surface area contributed by atoms with Crippen molar-refractivity contribution in [2.75, 3.05) is 32.6 Å². The highest BCUT2D eigenvalue weighted by Crippen LogP contribution is 2.27. The molecule has 0 atom stereocenters. The first kappa shape index (κ1) is 23.4. The molecule has 1 aliphatic rings. The minimum absolute atomic E-state index is 0. The van der Waals surface area contributed by atoms with E-state index in [1.54, 1.807) is 18.2 Å². The molecule has 2 aromatic rings. The molecule has 7 heteroatoms. The van der Waals surface area contributed by atoms with Crippen LogP contribution in [0.3, 0.4) is 0 Å². The third kappa shape index (κ3) is 5.83. The highest BCUT2D eigenvalue weighted by atomic mass is 127. The number of carbonyl (C=O) groups excluding carboxylic acids is 1. The van der Waals surface area contributed by atoms with Crippen molar-refractivity contribution in [2.24, 2.45) is 0 Å². The van der Waals surface area contributed by atoms with Gasteiger partial charge in [-0.15, -0.1) is 0 Å².